The Labute approximate surface area is 152 Å². The van der Waals surface area contributed by atoms with Crippen molar-refractivity contribution in [2.45, 2.75) is 13.3 Å². The van der Waals surface area contributed by atoms with E-state index in [1.807, 2.05) is 6.20 Å². The number of nitrogens with zero attached hydrogens (tertiary/aromatic N) is 1. The molecule has 0 amide bonds. The lowest BCUT2D eigenvalue weighted by atomic mass is 9.83. The fourth-order valence-electron chi connectivity index (χ4n) is 3.99. The quantitative estimate of drug-likeness (QED) is 0.462. The average Bonchev–Trinajstić information content (AvgIpc) is 3.06. The number of benzene rings is 2. The van der Waals surface area contributed by atoms with Crippen LogP contribution < -0.4 is 0 Å². The molecule has 1 aliphatic rings. The van der Waals surface area contributed by atoms with Crippen LogP contribution in [0.3, 0.4) is 0 Å². The molecule has 1 unspecified atom stereocenters. The van der Waals surface area contributed by atoms with Gasteiger partial charge in [0, 0.05) is 22.5 Å². The smallest absolute Gasteiger partial charge is 0.138 e. The number of para-hydroxylation sites is 1. The third-order valence-electron chi connectivity index (χ3n) is 5.36. The summed E-state index contributed by atoms with van der Waals surface area (Å²) < 4.78 is 0. The molecule has 1 atom stereocenters. The highest BCUT2D eigenvalue weighted by Crippen LogP contribution is 2.37. The second kappa shape index (κ2) is 5.99. The minimum Gasteiger partial charge on any atom is -0.339 e. The molecule has 5 rings (SSSR count). The van der Waals surface area contributed by atoms with Gasteiger partial charge in [0.05, 0.1) is 0 Å². The normalized spacial score (nSPS) is 17.3. The molecule has 0 bridgehead atoms. The summed E-state index contributed by atoms with van der Waals surface area (Å²) in [6, 6.07) is 21.4. The van der Waals surface area contributed by atoms with E-state index in [0.29, 0.717) is 5.92 Å². The van der Waals surface area contributed by atoms with Crippen molar-refractivity contribution in [2.24, 2.45) is 5.92 Å². The molecule has 2 heterocycles. The maximum absolute atomic E-state index is 4.68. The van der Waals surface area contributed by atoms with Crippen molar-refractivity contribution in [1.82, 2.24) is 9.97 Å². The Balaban J connectivity index is 1.58. The summed E-state index contributed by atoms with van der Waals surface area (Å²) in [5, 5.41) is 2.44. The Morgan fingerprint density at radius 3 is 2.54 bits per heavy atom. The maximum atomic E-state index is 4.68. The zero-order valence-electron chi connectivity index (χ0n) is 14.7. The minimum atomic E-state index is 0.496. The van der Waals surface area contributed by atoms with Gasteiger partial charge in [-0.3, -0.25) is 0 Å². The highest BCUT2D eigenvalue weighted by molar-refractivity contribution is 6.06. The Kier molecular flexibility index (Phi) is 3.49. The predicted molar refractivity (Wildman–Crippen MR) is 110 cm³/mol. The number of aromatic nitrogens is 2. The summed E-state index contributed by atoms with van der Waals surface area (Å²) >= 11 is 0. The molecule has 2 heteroatoms. The van der Waals surface area contributed by atoms with Crippen LogP contribution >= 0.6 is 0 Å². The fourth-order valence-corrected chi connectivity index (χ4v) is 3.99. The van der Waals surface area contributed by atoms with Crippen molar-refractivity contribution in [3.8, 4) is 0 Å². The highest BCUT2D eigenvalue weighted by Gasteiger charge is 2.18. The average molecular weight is 336 g/mol. The monoisotopic (exact) mass is 336 g/mol. The van der Waals surface area contributed by atoms with E-state index in [9.17, 15) is 0 Å². The van der Waals surface area contributed by atoms with Gasteiger partial charge in [0.2, 0.25) is 0 Å². The van der Waals surface area contributed by atoms with E-state index in [-0.39, 0.29) is 0 Å². The van der Waals surface area contributed by atoms with Crippen molar-refractivity contribution in [3.05, 3.63) is 90.1 Å². The molecule has 1 N–H and O–H groups in total. The van der Waals surface area contributed by atoms with E-state index in [4.69, 9.17) is 0 Å². The minimum absolute atomic E-state index is 0.496. The summed E-state index contributed by atoms with van der Waals surface area (Å²) in [5.41, 5.74) is 7.41. The molecule has 0 saturated carbocycles. The molecule has 0 fully saturated rings. The number of hydrogen-bond donors (Lipinski definition) is 1. The standard InChI is InChI=1S/C24H20N2/c1-16-13-18(11-12-20(16)17-7-3-2-4-8-17)19-14-22-21-9-5-6-10-23(21)26-24(22)25-15-19/h2-12,14-16H,13H2,1H3,(H,25,26). The van der Waals surface area contributed by atoms with Gasteiger partial charge in [-0.1, -0.05) is 67.6 Å². The van der Waals surface area contributed by atoms with Crippen molar-refractivity contribution in [3.63, 3.8) is 0 Å². The molecule has 4 aromatic rings. The van der Waals surface area contributed by atoms with Crippen LogP contribution in [0.4, 0.5) is 0 Å². The molecule has 26 heavy (non-hydrogen) atoms. The van der Waals surface area contributed by atoms with Crippen LogP contribution in [0.5, 0.6) is 0 Å². The Morgan fingerprint density at radius 2 is 1.69 bits per heavy atom. The van der Waals surface area contributed by atoms with Gasteiger partial charge in [0.15, 0.2) is 0 Å². The van der Waals surface area contributed by atoms with Gasteiger partial charge in [0.1, 0.15) is 5.65 Å². The molecule has 2 aromatic carbocycles. The van der Waals surface area contributed by atoms with Gasteiger partial charge in [-0.05, 0) is 46.7 Å². The molecule has 126 valence electrons. The van der Waals surface area contributed by atoms with E-state index in [1.165, 1.54) is 33.0 Å². The predicted octanol–water partition coefficient (Wildman–Crippen LogP) is 6.22. The lowest BCUT2D eigenvalue weighted by Gasteiger charge is -2.22. The van der Waals surface area contributed by atoms with E-state index >= 15 is 0 Å². The van der Waals surface area contributed by atoms with E-state index < -0.39 is 0 Å². The maximum Gasteiger partial charge on any atom is 0.138 e. The van der Waals surface area contributed by atoms with Gasteiger partial charge in [0.25, 0.3) is 0 Å². The molecule has 0 aliphatic heterocycles. The molecular formula is C24H20N2. The van der Waals surface area contributed by atoms with Gasteiger partial charge < -0.3 is 4.98 Å². The summed E-state index contributed by atoms with van der Waals surface area (Å²) in [6.07, 6.45) is 7.58. The number of pyridine rings is 1. The summed E-state index contributed by atoms with van der Waals surface area (Å²) in [6.45, 7) is 2.31. The van der Waals surface area contributed by atoms with Crippen molar-refractivity contribution >= 4 is 33.1 Å². The van der Waals surface area contributed by atoms with Gasteiger partial charge >= 0.3 is 0 Å². The Hall–Kier alpha value is -3.13. The van der Waals surface area contributed by atoms with Gasteiger partial charge in [-0.25, -0.2) is 4.98 Å². The Bertz CT molecular complexity index is 1160. The summed E-state index contributed by atoms with van der Waals surface area (Å²) in [7, 11) is 0. The molecule has 0 saturated heterocycles. The lowest BCUT2D eigenvalue weighted by molar-refractivity contribution is 0.770. The number of aromatic amines is 1. The van der Waals surface area contributed by atoms with Crippen LogP contribution in [-0.2, 0) is 0 Å². The third kappa shape index (κ3) is 2.46. The van der Waals surface area contributed by atoms with Crippen LogP contribution in [0.25, 0.3) is 33.1 Å². The first-order valence-corrected chi connectivity index (χ1v) is 9.12. The van der Waals surface area contributed by atoms with Crippen LogP contribution in [0, 0.1) is 5.92 Å². The van der Waals surface area contributed by atoms with Gasteiger partial charge in [-0.15, -0.1) is 0 Å². The zero-order chi connectivity index (χ0) is 17.5. The van der Waals surface area contributed by atoms with Crippen LogP contribution in [0.1, 0.15) is 24.5 Å². The molecule has 2 aromatic heterocycles. The number of rotatable bonds is 2. The zero-order valence-corrected chi connectivity index (χ0v) is 14.7. The van der Waals surface area contributed by atoms with Crippen LogP contribution in [-0.4, -0.2) is 9.97 Å². The van der Waals surface area contributed by atoms with Crippen molar-refractivity contribution in [1.29, 1.82) is 0 Å². The van der Waals surface area contributed by atoms with Crippen molar-refractivity contribution < 1.29 is 0 Å². The largest absolute Gasteiger partial charge is 0.339 e. The SMILES string of the molecule is CC1CC(c2cnc3[nH]c4ccccc4c3c2)=CC=C1c1ccccc1. The van der Waals surface area contributed by atoms with E-state index in [1.54, 1.807) is 0 Å². The molecular weight excluding hydrogens is 316 g/mol. The summed E-state index contributed by atoms with van der Waals surface area (Å²) in [4.78, 5) is 8.08. The Morgan fingerprint density at radius 1 is 0.885 bits per heavy atom. The van der Waals surface area contributed by atoms with Crippen LogP contribution in [0.15, 0.2) is 79.0 Å². The first-order valence-electron chi connectivity index (χ1n) is 9.12. The first-order chi connectivity index (χ1) is 12.8. The topological polar surface area (TPSA) is 28.7 Å². The van der Waals surface area contributed by atoms with Gasteiger partial charge in [-0.2, -0.15) is 0 Å². The summed E-state index contributed by atoms with van der Waals surface area (Å²) in [5.74, 6) is 0.496. The van der Waals surface area contributed by atoms with Crippen molar-refractivity contribution in [2.75, 3.05) is 0 Å². The second-order valence-electron chi connectivity index (χ2n) is 7.08. The number of allylic oxidation sites excluding steroid dienone is 4. The number of nitrogens with one attached hydrogen (secondary N) is 1. The highest BCUT2D eigenvalue weighted by atomic mass is 14.8. The molecule has 2 nitrogen and oxygen atoms in total. The lowest BCUT2D eigenvalue weighted by Crippen LogP contribution is -2.04. The molecule has 0 spiro atoms. The number of fused-ring (bicyclic) bond motifs is 3. The molecule has 0 radical (unpaired) electrons. The van der Waals surface area contributed by atoms with E-state index in [2.05, 4.69) is 89.7 Å². The number of H-pyrrole nitrogens is 1. The third-order valence-corrected chi connectivity index (χ3v) is 5.36. The fraction of sp³-hybridized carbons (Fsp3) is 0.125. The van der Waals surface area contributed by atoms with Crippen LogP contribution in [0.2, 0.25) is 0 Å². The molecule has 1 aliphatic carbocycles. The first kappa shape index (κ1) is 15.2. The number of hydrogen-bond acceptors (Lipinski definition) is 1. The van der Waals surface area contributed by atoms with E-state index in [0.717, 1.165) is 17.6 Å². The second-order valence-corrected chi connectivity index (χ2v) is 7.08.